The van der Waals surface area contributed by atoms with Gasteiger partial charge in [-0.05, 0) is 31.0 Å². The van der Waals surface area contributed by atoms with Crippen LogP contribution in [0.5, 0.6) is 5.75 Å². The van der Waals surface area contributed by atoms with Crippen LogP contribution < -0.4 is 10.1 Å². The number of piperidine rings is 1. The minimum absolute atomic E-state index is 0.0852. The number of benzene rings is 1. The summed E-state index contributed by atoms with van der Waals surface area (Å²) in [6.45, 7) is 0. The molecule has 2 amide bonds. The van der Waals surface area contributed by atoms with Gasteiger partial charge in [-0.2, -0.15) is 13.2 Å². The molecule has 1 saturated heterocycles. The first kappa shape index (κ1) is 17.1. The van der Waals surface area contributed by atoms with Crippen molar-refractivity contribution in [2.45, 2.75) is 31.5 Å². The molecule has 0 radical (unpaired) electrons. The molecule has 2 rings (SSSR count). The average Bonchev–Trinajstić information content (AvgIpc) is 2.49. The molecule has 126 valence electrons. The number of anilines is 1. The van der Waals surface area contributed by atoms with E-state index in [1.165, 1.54) is 19.1 Å². The van der Waals surface area contributed by atoms with Crippen molar-refractivity contribution in [1.82, 2.24) is 4.90 Å². The maximum absolute atomic E-state index is 12.7. The summed E-state index contributed by atoms with van der Waals surface area (Å²) in [7, 11) is 2.76. The van der Waals surface area contributed by atoms with Gasteiger partial charge in [0.1, 0.15) is 11.8 Å². The lowest BCUT2D eigenvalue weighted by Crippen LogP contribution is -2.47. The molecule has 1 aliphatic heterocycles. The van der Waals surface area contributed by atoms with Gasteiger partial charge in [0.05, 0.1) is 18.4 Å². The van der Waals surface area contributed by atoms with Gasteiger partial charge < -0.3 is 15.0 Å². The van der Waals surface area contributed by atoms with Crippen LogP contribution in [0.4, 0.5) is 18.9 Å². The Morgan fingerprint density at radius 3 is 2.70 bits per heavy atom. The Kier molecular flexibility index (Phi) is 4.82. The SMILES string of the molecule is COc1cc(C(F)(F)F)ccc1NC(=O)C1CCCC(=O)N1C. The highest BCUT2D eigenvalue weighted by Gasteiger charge is 2.33. The zero-order valence-electron chi connectivity index (χ0n) is 12.7. The third-order valence-electron chi connectivity index (χ3n) is 3.82. The Hall–Kier alpha value is -2.25. The molecule has 1 aromatic carbocycles. The van der Waals surface area contributed by atoms with Crippen molar-refractivity contribution in [2.24, 2.45) is 0 Å². The second-order valence-electron chi connectivity index (χ2n) is 5.31. The number of carbonyl (C=O) groups is 2. The number of hydrogen-bond donors (Lipinski definition) is 1. The quantitative estimate of drug-likeness (QED) is 0.927. The van der Waals surface area contributed by atoms with Gasteiger partial charge in [0.25, 0.3) is 0 Å². The number of nitrogens with zero attached hydrogens (tertiary/aromatic N) is 1. The molecule has 0 saturated carbocycles. The van der Waals surface area contributed by atoms with E-state index in [1.54, 1.807) is 0 Å². The van der Waals surface area contributed by atoms with Gasteiger partial charge in [-0.3, -0.25) is 9.59 Å². The van der Waals surface area contributed by atoms with E-state index in [0.717, 1.165) is 18.2 Å². The number of likely N-dealkylation sites (N-methyl/N-ethyl adjacent to an activating group) is 1. The third kappa shape index (κ3) is 3.75. The monoisotopic (exact) mass is 330 g/mol. The van der Waals surface area contributed by atoms with Crippen LogP contribution in [0.2, 0.25) is 0 Å². The van der Waals surface area contributed by atoms with Gasteiger partial charge in [0.2, 0.25) is 11.8 Å². The van der Waals surface area contributed by atoms with Gasteiger partial charge in [-0.1, -0.05) is 0 Å². The molecule has 23 heavy (non-hydrogen) atoms. The van der Waals surface area contributed by atoms with Crippen molar-refractivity contribution in [3.63, 3.8) is 0 Å². The first-order chi connectivity index (χ1) is 10.7. The predicted octanol–water partition coefficient (Wildman–Crippen LogP) is 2.66. The molecule has 1 aliphatic rings. The fourth-order valence-corrected chi connectivity index (χ4v) is 2.48. The lowest BCUT2D eigenvalue weighted by atomic mass is 10.0. The molecule has 1 unspecified atom stereocenters. The van der Waals surface area contributed by atoms with Crippen LogP contribution in [-0.2, 0) is 15.8 Å². The highest BCUT2D eigenvalue weighted by Crippen LogP contribution is 2.35. The van der Waals surface area contributed by atoms with Gasteiger partial charge >= 0.3 is 6.18 Å². The van der Waals surface area contributed by atoms with Crippen LogP contribution in [0.1, 0.15) is 24.8 Å². The Labute approximate surface area is 131 Å². The second-order valence-corrected chi connectivity index (χ2v) is 5.31. The van der Waals surface area contributed by atoms with Gasteiger partial charge in [-0.15, -0.1) is 0 Å². The number of alkyl halides is 3. The summed E-state index contributed by atoms with van der Waals surface area (Å²) in [5.41, 5.74) is -0.728. The highest BCUT2D eigenvalue weighted by atomic mass is 19.4. The van der Waals surface area contributed by atoms with Crippen LogP contribution in [0.3, 0.4) is 0 Å². The Bertz CT molecular complexity index is 616. The van der Waals surface area contributed by atoms with E-state index in [0.29, 0.717) is 19.3 Å². The Morgan fingerprint density at radius 1 is 1.39 bits per heavy atom. The van der Waals surface area contributed by atoms with E-state index >= 15 is 0 Å². The molecule has 0 bridgehead atoms. The van der Waals surface area contributed by atoms with Crippen LogP contribution in [-0.4, -0.2) is 36.9 Å². The molecule has 0 aromatic heterocycles. The second kappa shape index (κ2) is 6.47. The van der Waals surface area contributed by atoms with Crippen LogP contribution in [0.15, 0.2) is 18.2 Å². The van der Waals surface area contributed by atoms with E-state index in [4.69, 9.17) is 4.74 Å². The standard InChI is InChI=1S/C15H17F3N2O3/c1-20-11(4-3-5-13(20)21)14(22)19-10-7-6-9(15(16,17)18)8-12(10)23-2/h6-8,11H,3-5H2,1-2H3,(H,19,22). The summed E-state index contributed by atoms with van der Waals surface area (Å²) < 4.78 is 43.0. The maximum Gasteiger partial charge on any atom is 0.416 e. The summed E-state index contributed by atoms with van der Waals surface area (Å²) in [5, 5.41) is 2.54. The summed E-state index contributed by atoms with van der Waals surface area (Å²) in [6.07, 6.45) is -2.99. The minimum Gasteiger partial charge on any atom is -0.495 e. The summed E-state index contributed by atoms with van der Waals surface area (Å²) in [6, 6.07) is 2.20. The van der Waals surface area contributed by atoms with Crippen molar-refractivity contribution < 1.29 is 27.5 Å². The Balaban J connectivity index is 2.19. The molecule has 1 fully saturated rings. The van der Waals surface area contributed by atoms with E-state index in [2.05, 4.69) is 5.32 Å². The van der Waals surface area contributed by atoms with Crippen LogP contribution in [0.25, 0.3) is 0 Å². The zero-order valence-corrected chi connectivity index (χ0v) is 12.7. The first-order valence-corrected chi connectivity index (χ1v) is 7.06. The van der Waals surface area contributed by atoms with Crippen molar-refractivity contribution in [2.75, 3.05) is 19.5 Å². The molecule has 5 nitrogen and oxygen atoms in total. The highest BCUT2D eigenvalue weighted by molar-refractivity contribution is 5.98. The molecule has 1 aromatic rings. The zero-order chi connectivity index (χ0) is 17.2. The number of hydrogen-bond acceptors (Lipinski definition) is 3. The molecule has 0 aliphatic carbocycles. The topological polar surface area (TPSA) is 58.6 Å². The van der Waals surface area contributed by atoms with Crippen LogP contribution in [0, 0.1) is 0 Å². The molecular formula is C15H17F3N2O3. The molecular weight excluding hydrogens is 313 g/mol. The van der Waals surface area contributed by atoms with Crippen LogP contribution >= 0.6 is 0 Å². The summed E-state index contributed by atoms with van der Waals surface area (Å²) in [5.74, 6) is -0.660. The summed E-state index contributed by atoms with van der Waals surface area (Å²) in [4.78, 5) is 25.3. The van der Waals surface area contributed by atoms with E-state index in [-0.39, 0.29) is 17.3 Å². The number of ether oxygens (including phenoxy) is 1. The van der Waals surface area contributed by atoms with E-state index in [9.17, 15) is 22.8 Å². The average molecular weight is 330 g/mol. The molecule has 0 spiro atoms. The van der Waals surface area contributed by atoms with Gasteiger partial charge in [0.15, 0.2) is 0 Å². The van der Waals surface area contributed by atoms with Gasteiger partial charge in [-0.25, -0.2) is 0 Å². The number of methoxy groups -OCH3 is 1. The minimum atomic E-state index is -4.49. The van der Waals surface area contributed by atoms with Crippen molar-refractivity contribution in [3.05, 3.63) is 23.8 Å². The predicted molar refractivity (Wildman–Crippen MR) is 77.0 cm³/mol. The number of carbonyl (C=O) groups excluding carboxylic acids is 2. The van der Waals surface area contributed by atoms with Crippen molar-refractivity contribution >= 4 is 17.5 Å². The number of amides is 2. The largest absolute Gasteiger partial charge is 0.495 e. The normalized spacial score (nSPS) is 18.7. The van der Waals surface area contributed by atoms with E-state index in [1.807, 2.05) is 0 Å². The number of rotatable bonds is 3. The van der Waals surface area contributed by atoms with Crippen molar-refractivity contribution in [1.29, 1.82) is 0 Å². The maximum atomic E-state index is 12.7. The third-order valence-corrected chi connectivity index (χ3v) is 3.82. The number of nitrogens with one attached hydrogen (secondary N) is 1. The fourth-order valence-electron chi connectivity index (χ4n) is 2.48. The van der Waals surface area contributed by atoms with Crippen molar-refractivity contribution in [3.8, 4) is 5.75 Å². The number of halogens is 3. The first-order valence-electron chi connectivity index (χ1n) is 7.06. The number of likely N-dealkylation sites (tertiary alicyclic amines) is 1. The lowest BCUT2D eigenvalue weighted by molar-refractivity contribution is -0.140. The fraction of sp³-hybridized carbons (Fsp3) is 0.467. The lowest BCUT2D eigenvalue weighted by Gasteiger charge is -2.31. The molecule has 1 N–H and O–H groups in total. The molecule has 1 heterocycles. The smallest absolute Gasteiger partial charge is 0.416 e. The summed E-state index contributed by atoms with van der Waals surface area (Å²) >= 11 is 0. The van der Waals surface area contributed by atoms with E-state index < -0.39 is 23.7 Å². The van der Waals surface area contributed by atoms with Gasteiger partial charge in [0, 0.05) is 13.5 Å². The molecule has 8 heteroatoms. The Morgan fingerprint density at radius 2 is 2.09 bits per heavy atom. The molecule has 1 atom stereocenters.